The number of aromatic nitrogens is 1. The number of carbonyl (C=O) groups excluding carboxylic acids is 1. The van der Waals surface area contributed by atoms with E-state index in [2.05, 4.69) is 15.6 Å². The Morgan fingerprint density at radius 3 is 2.81 bits per heavy atom. The molecule has 4 nitrogen and oxygen atoms in total. The van der Waals surface area contributed by atoms with Crippen LogP contribution in [0, 0.1) is 6.92 Å². The van der Waals surface area contributed by atoms with Crippen molar-refractivity contribution in [1.29, 1.82) is 0 Å². The predicted molar refractivity (Wildman–Crippen MR) is 64.0 cm³/mol. The minimum atomic E-state index is -0.192. The topological polar surface area (TPSA) is 54.0 Å². The summed E-state index contributed by atoms with van der Waals surface area (Å²) in [6, 6.07) is 3.79. The van der Waals surface area contributed by atoms with E-state index in [-0.39, 0.29) is 11.9 Å². The second kappa shape index (κ2) is 6.23. The van der Waals surface area contributed by atoms with Crippen molar-refractivity contribution in [3.8, 4) is 0 Å². The van der Waals surface area contributed by atoms with Gasteiger partial charge in [0.25, 0.3) is 0 Å². The van der Waals surface area contributed by atoms with E-state index >= 15 is 0 Å². The summed E-state index contributed by atoms with van der Waals surface area (Å²) >= 11 is 0. The van der Waals surface area contributed by atoms with Crippen molar-refractivity contribution in [2.24, 2.45) is 0 Å². The maximum Gasteiger partial charge on any atom is 0.236 e. The second-order valence-corrected chi connectivity index (χ2v) is 3.82. The third kappa shape index (κ3) is 3.98. The highest BCUT2D eigenvalue weighted by atomic mass is 16.2. The van der Waals surface area contributed by atoms with Gasteiger partial charge in [-0.3, -0.25) is 9.78 Å². The molecule has 0 spiro atoms. The molecule has 1 heterocycles. The number of rotatable bonds is 5. The van der Waals surface area contributed by atoms with Gasteiger partial charge in [0.1, 0.15) is 0 Å². The molecule has 1 rings (SSSR count). The Labute approximate surface area is 96.5 Å². The van der Waals surface area contributed by atoms with E-state index in [9.17, 15) is 4.79 Å². The Kier molecular flexibility index (Phi) is 4.92. The molecule has 16 heavy (non-hydrogen) atoms. The monoisotopic (exact) mass is 221 g/mol. The van der Waals surface area contributed by atoms with Gasteiger partial charge in [0.15, 0.2) is 0 Å². The van der Waals surface area contributed by atoms with Gasteiger partial charge >= 0.3 is 0 Å². The molecule has 0 aliphatic heterocycles. The average Bonchev–Trinajstić information content (AvgIpc) is 2.28. The van der Waals surface area contributed by atoms with Crippen molar-refractivity contribution < 1.29 is 4.79 Å². The summed E-state index contributed by atoms with van der Waals surface area (Å²) in [5.74, 6) is 0.0228. The number of carbonyl (C=O) groups is 1. The first-order chi connectivity index (χ1) is 7.63. The lowest BCUT2D eigenvalue weighted by molar-refractivity contribution is -0.122. The van der Waals surface area contributed by atoms with Gasteiger partial charge in [-0.25, -0.2) is 0 Å². The van der Waals surface area contributed by atoms with E-state index in [1.165, 1.54) is 0 Å². The van der Waals surface area contributed by atoms with Crippen molar-refractivity contribution in [3.63, 3.8) is 0 Å². The zero-order valence-corrected chi connectivity index (χ0v) is 10.1. The molecule has 0 aromatic carbocycles. The summed E-state index contributed by atoms with van der Waals surface area (Å²) in [7, 11) is 0. The van der Waals surface area contributed by atoms with Crippen LogP contribution in [0.1, 0.15) is 25.1 Å². The molecule has 0 saturated heterocycles. The molecule has 1 amide bonds. The largest absolute Gasteiger partial charge is 0.355 e. The third-order valence-corrected chi connectivity index (χ3v) is 2.31. The van der Waals surface area contributed by atoms with E-state index in [1.54, 1.807) is 0 Å². The van der Waals surface area contributed by atoms with Crippen molar-refractivity contribution in [2.45, 2.75) is 33.4 Å². The standard InChI is InChI=1S/C12H19N3O/c1-4-13-12(16)10(3)14-8-11-6-5-9(2)7-15-11/h5-7,10,14H,4,8H2,1-3H3,(H,13,16). The number of nitrogens with one attached hydrogen (secondary N) is 2. The van der Waals surface area contributed by atoms with Gasteiger partial charge in [-0.05, 0) is 32.4 Å². The fourth-order valence-electron chi connectivity index (χ4n) is 1.28. The lowest BCUT2D eigenvalue weighted by Gasteiger charge is -2.12. The first-order valence-electron chi connectivity index (χ1n) is 5.56. The summed E-state index contributed by atoms with van der Waals surface area (Å²) in [5.41, 5.74) is 2.09. The third-order valence-electron chi connectivity index (χ3n) is 2.31. The van der Waals surface area contributed by atoms with E-state index in [4.69, 9.17) is 0 Å². The highest BCUT2D eigenvalue weighted by molar-refractivity contribution is 5.81. The number of pyridine rings is 1. The van der Waals surface area contributed by atoms with E-state index in [1.807, 2.05) is 39.1 Å². The van der Waals surface area contributed by atoms with Gasteiger partial charge < -0.3 is 10.6 Å². The van der Waals surface area contributed by atoms with E-state index in [0.717, 1.165) is 11.3 Å². The Morgan fingerprint density at radius 1 is 1.50 bits per heavy atom. The molecular weight excluding hydrogens is 202 g/mol. The molecule has 0 aliphatic rings. The normalized spacial score (nSPS) is 12.2. The van der Waals surface area contributed by atoms with Gasteiger partial charge in [0, 0.05) is 19.3 Å². The lowest BCUT2D eigenvalue weighted by Crippen LogP contribution is -2.41. The van der Waals surface area contributed by atoms with Crippen molar-refractivity contribution in [1.82, 2.24) is 15.6 Å². The Bertz CT molecular complexity index is 335. The second-order valence-electron chi connectivity index (χ2n) is 3.82. The van der Waals surface area contributed by atoms with Gasteiger partial charge in [0.05, 0.1) is 11.7 Å². The molecule has 88 valence electrons. The Hall–Kier alpha value is -1.42. The van der Waals surface area contributed by atoms with E-state index < -0.39 is 0 Å². The van der Waals surface area contributed by atoms with Crippen LogP contribution >= 0.6 is 0 Å². The number of amides is 1. The fraction of sp³-hybridized carbons (Fsp3) is 0.500. The van der Waals surface area contributed by atoms with Crippen LogP contribution in [0.4, 0.5) is 0 Å². The minimum Gasteiger partial charge on any atom is -0.355 e. The van der Waals surface area contributed by atoms with Crippen LogP contribution in [0.25, 0.3) is 0 Å². The number of likely N-dealkylation sites (N-methyl/N-ethyl adjacent to an activating group) is 1. The maximum atomic E-state index is 11.4. The van der Waals surface area contributed by atoms with Crippen molar-refractivity contribution in [3.05, 3.63) is 29.6 Å². The number of aryl methyl sites for hydroxylation is 1. The van der Waals surface area contributed by atoms with E-state index in [0.29, 0.717) is 13.1 Å². The summed E-state index contributed by atoms with van der Waals surface area (Å²) < 4.78 is 0. The van der Waals surface area contributed by atoms with Gasteiger partial charge in [-0.1, -0.05) is 6.07 Å². The molecule has 0 radical (unpaired) electrons. The van der Waals surface area contributed by atoms with Crippen molar-refractivity contribution >= 4 is 5.91 Å². The highest BCUT2D eigenvalue weighted by Crippen LogP contribution is 1.98. The zero-order valence-electron chi connectivity index (χ0n) is 10.1. The summed E-state index contributed by atoms with van der Waals surface area (Å²) in [6.45, 7) is 7.03. The average molecular weight is 221 g/mol. The summed E-state index contributed by atoms with van der Waals surface area (Å²) in [4.78, 5) is 15.7. The lowest BCUT2D eigenvalue weighted by atomic mass is 10.2. The maximum absolute atomic E-state index is 11.4. The van der Waals surface area contributed by atoms with Crippen LogP contribution < -0.4 is 10.6 Å². The number of hydrogen-bond donors (Lipinski definition) is 2. The molecule has 2 N–H and O–H groups in total. The van der Waals surface area contributed by atoms with Crippen LogP contribution in [0.3, 0.4) is 0 Å². The Morgan fingerprint density at radius 2 is 2.25 bits per heavy atom. The van der Waals surface area contributed by atoms with Crippen LogP contribution in [-0.2, 0) is 11.3 Å². The van der Waals surface area contributed by atoms with Crippen LogP contribution in [0.2, 0.25) is 0 Å². The highest BCUT2D eigenvalue weighted by Gasteiger charge is 2.10. The van der Waals surface area contributed by atoms with Crippen molar-refractivity contribution in [2.75, 3.05) is 6.54 Å². The zero-order chi connectivity index (χ0) is 12.0. The predicted octanol–water partition coefficient (Wildman–Crippen LogP) is 1.00. The number of hydrogen-bond acceptors (Lipinski definition) is 3. The summed E-state index contributed by atoms with van der Waals surface area (Å²) in [6.07, 6.45) is 1.83. The minimum absolute atomic E-state index is 0.0228. The van der Waals surface area contributed by atoms with Crippen LogP contribution in [0.5, 0.6) is 0 Å². The quantitative estimate of drug-likeness (QED) is 0.780. The molecule has 1 aromatic rings. The van der Waals surface area contributed by atoms with Crippen LogP contribution in [-0.4, -0.2) is 23.5 Å². The molecular formula is C12H19N3O. The van der Waals surface area contributed by atoms with Gasteiger partial charge in [-0.2, -0.15) is 0 Å². The van der Waals surface area contributed by atoms with Crippen LogP contribution in [0.15, 0.2) is 18.3 Å². The summed E-state index contributed by atoms with van der Waals surface area (Å²) in [5, 5.41) is 5.90. The van der Waals surface area contributed by atoms with Gasteiger partial charge in [0.2, 0.25) is 5.91 Å². The molecule has 0 fully saturated rings. The first kappa shape index (κ1) is 12.6. The number of nitrogens with zero attached hydrogens (tertiary/aromatic N) is 1. The van der Waals surface area contributed by atoms with Gasteiger partial charge in [-0.15, -0.1) is 0 Å². The smallest absolute Gasteiger partial charge is 0.236 e. The molecule has 1 aromatic heterocycles. The molecule has 4 heteroatoms. The SMILES string of the molecule is CCNC(=O)C(C)NCc1ccc(C)cn1. The first-order valence-corrected chi connectivity index (χ1v) is 5.56. The molecule has 0 saturated carbocycles. The molecule has 0 aliphatic carbocycles. The molecule has 1 atom stereocenters. The Balaban J connectivity index is 2.39. The fourth-order valence-corrected chi connectivity index (χ4v) is 1.28. The molecule has 1 unspecified atom stereocenters. The molecule has 0 bridgehead atoms.